The Bertz CT molecular complexity index is 559. The number of thiophene rings is 1. The lowest BCUT2D eigenvalue weighted by molar-refractivity contribution is 0.0601. The number of aryl methyl sites for hydroxylation is 2. The molecule has 96 valence electrons. The molecule has 6 heteroatoms. The Morgan fingerprint density at radius 2 is 2.22 bits per heavy atom. The molecule has 0 bridgehead atoms. The third kappa shape index (κ3) is 2.88. The molecule has 0 aliphatic rings. The van der Waals surface area contributed by atoms with E-state index < -0.39 is 0 Å². The third-order valence-corrected chi connectivity index (χ3v) is 4.16. The number of ether oxygens (including phenoxy) is 2. The molecule has 18 heavy (non-hydrogen) atoms. The molecule has 2 heterocycles. The predicted octanol–water partition coefficient (Wildman–Crippen LogP) is 3.19. The van der Waals surface area contributed by atoms with Gasteiger partial charge in [0, 0.05) is 16.0 Å². The number of carbonyl (C=O) groups is 1. The van der Waals surface area contributed by atoms with E-state index in [1.165, 1.54) is 18.4 Å². The summed E-state index contributed by atoms with van der Waals surface area (Å²) in [6.45, 7) is 4.24. The van der Waals surface area contributed by atoms with Gasteiger partial charge in [-0.3, -0.25) is 0 Å². The minimum Gasteiger partial charge on any atom is -0.485 e. The van der Waals surface area contributed by atoms with Crippen LogP contribution in [0.3, 0.4) is 0 Å². The molecule has 2 rings (SSSR count). The van der Waals surface area contributed by atoms with Crippen molar-refractivity contribution in [1.82, 2.24) is 4.98 Å². The zero-order valence-electron chi connectivity index (χ0n) is 10.4. The number of hydrogen-bond donors (Lipinski definition) is 0. The van der Waals surface area contributed by atoms with E-state index in [0.29, 0.717) is 17.2 Å². The molecule has 0 amide bonds. The zero-order chi connectivity index (χ0) is 13.1. The number of esters is 1. The summed E-state index contributed by atoms with van der Waals surface area (Å²) in [5.74, 6) is 0.204. The number of thiazole rings is 1. The Labute approximate surface area is 113 Å². The van der Waals surface area contributed by atoms with Gasteiger partial charge in [-0.25, -0.2) is 9.78 Å². The second-order valence-electron chi connectivity index (χ2n) is 3.71. The van der Waals surface area contributed by atoms with Crippen molar-refractivity contribution in [2.75, 3.05) is 7.11 Å². The Kier molecular flexibility index (Phi) is 3.98. The van der Waals surface area contributed by atoms with Crippen LogP contribution in [0.5, 0.6) is 5.75 Å². The maximum absolute atomic E-state index is 11.6. The first kappa shape index (κ1) is 13.0. The molecule has 0 fully saturated rings. The Balaban J connectivity index is 2.11. The fourth-order valence-corrected chi connectivity index (χ4v) is 3.00. The molecule has 0 unspecified atom stereocenters. The van der Waals surface area contributed by atoms with Crippen molar-refractivity contribution in [3.63, 3.8) is 0 Å². The summed E-state index contributed by atoms with van der Waals surface area (Å²) in [5, 5.41) is 2.87. The van der Waals surface area contributed by atoms with Crippen molar-refractivity contribution < 1.29 is 14.3 Å². The summed E-state index contributed by atoms with van der Waals surface area (Å²) in [5.41, 5.74) is 0.980. The highest BCUT2D eigenvalue weighted by Crippen LogP contribution is 2.30. The van der Waals surface area contributed by atoms with Gasteiger partial charge in [-0.05, 0) is 19.9 Å². The molecule has 0 saturated heterocycles. The van der Waals surface area contributed by atoms with Gasteiger partial charge in [0.15, 0.2) is 4.88 Å². The van der Waals surface area contributed by atoms with E-state index in [4.69, 9.17) is 9.47 Å². The van der Waals surface area contributed by atoms with Crippen LogP contribution in [0.2, 0.25) is 0 Å². The molecule has 2 aromatic heterocycles. The van der Waals surface area contributed by atoms with Crippen molar-refractivity contribution in [1.29, 1.82) is 0 Å². The van der Waals surface area contributed by atoms with E-state index in [0.717, 1.165) is 15.6 Å². The normalized spacial score (nSPS) is 10.4. The van der Waals surface area contributed by atoms with Gasteiger partial charge in [-0.1, -0.05) is 0 Å². The largest absolute Gasteiger partial charge is 0.485 e. The number of hydrogen-bond acceptors (Lipinski definition) is 6. The summed E-state index contributed by atoms with van der Waals surface area (Å²) >= 11 is 2.92. The molecule has 0 spiro atoms. The minimum absolute atomic E-state index is 0.363. The second kappa shape index (κ2) is 5.49. The highest BCUT2D eigenvalue weighted by Gasteiger charge is 2.17. The Hall–Kier alpha value is -1.40. The van der Waals surface area contributed by atoms with Crippen LogP contribution < -0.4 is 4.74 Å². The van der Waals surface area contributed by atoms with Crippen molar-refractivity contribution in [3.8, 4) is 5.75 Å². The van der Waals surface area contributed by atoms with Gasteiger partial charge >= 0.3 is 5.97 Å². The number of nitrogens with zero attached hydrogens (tertiary/aromatic N) is 1. The second-order valence-corrected chi connectivity index (χ2v) is 5.91. The molecular formula is C12H13NO3S2. The Morgan fingerprint density at radius 1 is 1.44 bits per heavy atom. The average molecular weight is 283 g/mol. The summed E-state index contributed by atoms with van der Waals surface area (Å²) in [6, 6.07) is 1.84. The molecule has 0 radical (unpaired) electrons. The van der Waals surface area contributed by atoms with E-state index in [2.05, 4.69) is 4.98 Å². The van der Waals surface area contributed by atoms with Crippen LogP contribution in [0.1, 0.15) is 25.3 Å². The fourth-order valence-electron chi connectivity index (χ4n) is 1.44. The lowest BCUT2D eigenvalue weighted by atomic mass is 10.4. The number of aromatic nitrogens is 1. The van der Waals surface area contributed by atoms with Crippen LogP contribution in [0, 0.1) is 13.8 Å². The van der Waals surface area contributed by atoms with Gasteiger partial charge in [0.1, 0.15) is 17.4 Å². The van der Waals surface area contributed by atoms with Crippen LogP contribution in [0.15, 0.2) is 11.4 Å². The molecule has 0 aliphatic carbocycles. The van der Waals surface area contributed by atoms with Gasteiger partial charge in [0.25, 0.3) is 0 Å². The molecule has 4 nitrogen and oxygen atoms in total. The molecule has 0 atom stereocenters. The van der Waals surface area contributed by atoms with Crippen LogP contribution in [0.4, 0.5) is 0 Å². The maximum atomic E-state index is 11.6. The van der Waals surface area contributed by atoms with E-state index in [9.17, 15) is 4.79 Å². The minimum atomic E-state index is -0.363. The summed E-state index contributed by atoms with van der Waals surface area (Å²) in [7, 11) is 1.37. The Morgan fingerprint density at radius 3 is 2.83 bits per heavy atom. The lowest BCUT2D eigenvalue weighted by Crippen LogP contribution is -2.02. The molecule has 0 saturated carbocycles. The number of rotatable bonds is 4. The smallest absolute Gasteiger partial charge is 0.351 e. The van der Waals surface area contributed by atoms with Crippen LogP contribution in [-0.2, 0) is 11.3 Å². The standard InChI is InChI=1S/C12H13NO3S2/c1-7-6-17-10(13-7)5-16-9-4-8(2)18-11(9)12(14)15-3/h4,6H,5H2,1-3H3. The summed E-state index contributed by atoms with van der Waals surface area (Å²) in [4.78, 5) is 17.4. The summed E-state index contributed by atoms with van der Waals surface area (Å²) < 4.78 is 10.4. The summed E-state index contributed by atoms with van der Waals surface area (Å²) in [6.07, 6.45) is 0. The van der Waals surface area contributed by atoms with E-state index in [1.807, 2.05) is 25.3 Å². The van der Waals surface area contributed by atoms with Crippen molar-refractivity contribution >= 4 is 28.6 Å². The molecule has 0 aromatic carbocycles. The zero-order valence-corrected chi connectivity index (χ0v) is 12.0. The van der Waals surface area contributed by atoms with Gasteiger partial charge < -0.3 is 9.47 Å². The van der Waals surface area contributed by atoms with Gasteiger partial charge in [-0.15, -0.1) is 22.7 Å². The van der Waals surface area contributed by atoms with Gasteiger partial charge in [0.05, 0.1) is 7.11 Å². The van der Waals surface area contributed by atoms with Gasteiger partial charge in [0.2, 0.25) is 0 Å². The van der Waals surface area contributed by atoms with E-state index in [1.54, 1.807) is 11.3 Å². The topological polar surface area (TPSA) is 48.4 Å². The highest BCUT2D eigenvalue weighted by molar-refractivity contribution is 7.14. The van der Waals surface area contributed by atoms with E-state index in [-0.39, 0.29) is 5.97 Å². The van der Waals surface area contributed by atoms with Crippen molar-refractivity contribution in [2.45, 2.75) is 20.5 Å². The van der Waals surface area contributed by atoms with Crippen LogP contribution in [-0.4, -0.2) is 18.1 Å². The maximum Gasteiger partial charge on any atom is 0.351 e. The molecular weight excluding hydrogens is 270 g/mol. The number of methoxy groups -OCH3 is 1. The molecule has 0 aliphatic heterocycles. The lowest BCUT2D eigenvalue weighted by Gasteiger charge is -2.03. The van der Waals surface area contributed by atoms with Crippen LogP contribution in [0.25, 0.3) is 0 Å². The highest BCUT2D eigenvalue weighted by atomic mass is 32.1. The quantitative estimate of drug-likeness (QED) is 0.809. The van der Waals surface area contributed by atoms with Gasteiger partial charge in [-0.2, -0.15) is 0 Å². The predicted molar refractivity (Wildman–Crippen MR) is 71.6 cm³/mol. The molecule has 0 N–H and O–H groups in total. The average Bonchev–Trinajstić information content (AvgIpc) is 2.92. The first-order valence-electron chi connectivity index (χ1n) is 5.32. The van der Waals surface area contributed by atoms with E-state index >= 15 is 0 Å². The first-order chi connectivity index (χ1) is 8.60. The number of carbonyl (C=O) groups excluding carboxylic acids is 1. The molecule has 2 aromatic rings. The van der Waals surface area contributed by atoms with Crippen LogP contribution >= 0.6 is 22.7 Å². The first-order valence-corrected chi connectivity index (χ1v) is 7.02. The monoisotopic (exact) mass is 283 g/mol. The van der Waals surface area contributed by atoms with Crippen molar-refractivity contribution in [2.24, 2.45) is 0 Å². The SMILES string of the molecule is COC(=O)c1sc(C)cc1OCc1nc(C)cs1. The van der Waals surface area contributed by atoms with Crippen molar-refractivity contribution in [3.05, 3.63) is 31.9 Å². The fraction of sp³-hybridized carbons (Fsp3) is 0.333. The third-order valence-electron chi connectivity index (χ3n) is 2.21.